The van der Waals surface area contributed by atoms with Crippen molar-refractivity contribution in [3.05, 3.63) is 54.6 Å². The van der Waals surface area contributed by atoms with Crippen molar-refractivity contribution in [2.75, 3.05) is 35.3 Å². The third kappa shape index (κ3) is 4.54. The minimum atomic E-state index is -3.00. The number of nitrogens with zero attached hydrogens (tertiary/aromatic N) is 1. The molecule has 2 aromatic rings. The van der Waals surface area contributed by atoms with E-state index in [1.165, 1.54) is 0 Å². The van der Waals surface area contributed by atoms with Crippen molar-refractivity contribution in [1.29, 1.82) is 0 Å². The fraction of sp³-hybridized carbons (Fsp3) is 0.316. The molecule has 0 bridgehead atoms. The van der Waals surface area contributed by atoms with Crippen LogP contribution in [-0.4, -0.2) is 45.5 Å². The number of rotatable bonds is 6. The SMILES string of the molecule is CN(c1ccccc1)c1ccccc1NCC(=O)NC1CCS(=O)(=O)C1. The third-order valence-corrected chi connectivity index (χ3v) is 6.21. The zero-order valence-corrected chi connectivity index (χ0v) is 15.5. The molecule has 1 unspecified atom stereocenters. The predicted molar refractivity (Wildman–Crippen MR) is 105 cm³/mol. The molecular weight excluding hydrogens is 350 g/mol. The van der Waals surface area contributed by atoms with Gasteiger partial charge in [0.05, 0.1) is 29.4 Å². The molecule has 1 saturated heterocycles. The van der Waals surface area contributed by atoms with Crippen LogP contribution in [0.5, 0.6) is 0 Å². The Labute approximate surface area is 154 Å². The van der Waals surface area contributed by atoms with Crippen LogP contribution >= 0.6 is 0 Å². The quantitative estimate of drug-likeness (QED) is 0.811. The van der Waals surface area contributed by atoms with E-state index in [1.807, 2.05) is 66.5 Å². The van der Waals surface area contributed by atoms with Gasteiger partial charge in [-0.05, 0) is 30.7 Å². The number of para-hydroxylation sites is 3. The Morgan fingerprint density at radius 1 is 1.12 bits per heavy atom. The number of nitrogens with one attached hydrogen (secondary N) is 2. The summed E-state index contributed by atoms with van der Waals surface area (Å²) in [4.78, 5) is 14.2. The molecule has 0 saturated carbocycles. The van der Waals surface area contributed by atoms with Crippen molar-refractivity contribution < 1.29 is 13.2 Å². The molecule has 26 heavy (non-hydrogen) atoms. The van der Waals surface area contributed by atoms with Crippen molar-refractivity contribution in [1.82, 2.24) is 5.32 Å². The van der Waals surface area contributed by atoms with Gasteiger partial charge < -0.3 is 15.5 Å². The van der Waals surface area contributed by atoms with Crippen LogP contribution < -0.4 is 15.5 Å². The van der Waals surface area contributed by atoms with Gasteiger partial charge in [0.2, 0.25) is 5.91 Å². The molecule has 1 aliphatic heterocycles. The summed E-state index contributed by atoms with van der Waals surface area (Å²) in [6.45, 7) is 0.0934. The molecule has 2 aromatic carbocycles. The van der Waals surface area contributed by atoms with Crippen LogP contribution in [0.1, 0.15) is 6.42 Å². The molecule has 0 spiro atoms. The molecule has 3 rings (SSSR count). The first-order valence-electron chi connectivity index (χ1n) is 8.56. The van der Waals surface area contributed by atoms with Gasteiger partial charge >= 0.3 is 0 Å². The van der Waals surface area contributed by atoms with E-state index in [-0.39, 0.29) is 30.0 Å². The maximum Gasteiger partial charge on any atom is 0.239 e. The second-order valence-corrected chi connectivity index (χ2v) is 8.66. The van der Waals surface area contributed by atoms with Gasteiger partial charge in [0, 0.05) is 18.8 Å². The average Bonchev–Trinajstić information content (AvgIpc) is 2.98. The Hall–Kier alpha value is -2.54. The number of hydrogen-bond donors (Lipinski definition) is 2. The highest BCUT2D eigenvalue weighted by Gasteiger charge is 2.28. The zero-order chi connectivity index (χ0) is 18.6. The van der Waals surface area contributed by atoms with Gasteiger partial charge in [0.15, 0.2) is 9.84 Å². The molecule has 1 fully saturated rings. The maximum absolute atomic E-state index is 12.2. The van der Waals surface area contributed by atoms with Crippen LogP contribution in [0.25, 0.3) is 0 Å². The number of sulfone groups is 1. The van der Waals surface area contributed by atoms with E-state index in [1.54, 1.807) is 0 Å². The van der Waals surface area contributed by atoms with Crippen molar-refractivity contribution >= 4 is 32.8 Å². The molecule has 7 heteroatoms. The lowest BCUT2D eigenvalue weighted by atomic mass is 10.2. The largest absolute Gasteiger partial charge is 0.374 e. The summed E-state index contributed by atoms with van der Waals surface area (Å²) in [5, 5.41) is 5.95. The number of amides is 1. The Bertz CT molecular complexity index is 869. The Morgan fingerprint density at radius 2 is 1.81 bits per heavy atom. The second kappa shape index (κ2) is 7.78. The van der Waals surface area contributed by atoms with Gasteiger partial charge in [0.25, 0.3) is 0 Å². The monoisotopic (exact) mass is 373 g/mol. The molecule has 2 N–H and O–H groups in total. The van der Waals surface area contributed by atoms with Gasteiger partial charge in [-0.1, -0.05) is 30.3 Å². The minimum absolute atomic E-state index is 0.0338. The second-order valence-electron chi connectivity index (χ2n) is 6.43. The summed E-state index contributed by atoms with van der Waals surface area (Å²) in [5.41, 5.74) is 2.84. The summed E-state index contributed by atoms with van der Waals surface area (Å²) in [6.07, 6.45) is 0.488. The topological polar surface area (TPSA) is 78.5 Å². The Morgan fingerprint density at radius 3 is 2.50 bits per heavy atom. The number of hydrogen-bond acceptors (Lipinski definition) is 5. The first-order valence-corrected chi connectivity index (χ1v) is 10.4. The molecule has 1 amide bonds. The molecule has 1 heterocycles. The van der Waals surface area contributed by atoms with E-state index in [0.717, 1.165) is 17.1 Å². The summed E-state index contributed by atoms with van der Waals surface area (Å²) in [5.74, 6) is -0.0217. The summed E-state index contributed by atoms with van der Waals surface area (Å²) >= 11 is 0. The maximum atomic E-state index is 12.2. The van der Waals surface area contributed by atoms with E-state index in [0.29, 0.717) is 6.42 Å². The standard InChI is InChI=1S/C19H23N3O3S/c1-22(16-7-3-2-4-8-16)18-10-6-5-9-17(18)20-13-19(23)21-15-11-12-26(24,25)14-15/h2-10,15,20H,11-14H2,1H3,(H,21,23). The lowest BCUT2D eigenvalue weighted by molar-refractivity contribution is -0.119. The first kappa shape index (κ1) is 18.3. The average molecular weight is 373 g/mol. The normalized spacial score (nSPS) is 18.3. The lowest BCUT2D eigenvalue weighted by Crippen LogP contribution is -2.39. The van der Waals surface area contributed by atoms with E-state index in [4.69, 9.17) is 0 Å². The van der Waals surface area contributed by atoms with Crippen LogP contribution in [0, 0.1) is 0 Å². The molecule has 1 aliphatic rings. The molecular formula is C19H23N3O3S. The third-order valence-electron chi connectivity index (χ3n) is 4.45. The van der Waals surface area contributed by atoms with Gasteiger partial charge in [0.1, 0.15) is 0 Å². The van der Waals surface area contributed by atoms with Crippen LogP contribution in [-0.2, 0) is 14.6 Å². The van der Waals surface area contributed by atoms with Gasteiger partial charge in [-0.3, -0.25) is 4.79 Å². The number of benzene rings is 2. The van der Waals surface area contributed by atoms with Crippen LogP contribution in [0.15, 0.2) is 54.6 Å². The van der Waals surface area contributed by atoms with Gasteiger partial charge in [-0.25, -0.2) is 8.42 Å². The predicted octanol–water partition coefficient (Wildman–Crippen LogP) is 2.17. The minimum Gasteiger partial charge on any atom is -0.374 e. The van der Waals surface area contributed by atoms with Gasteiger partial charge in [-0.2, -0.15) is 0 Å². The number of carbonyl (C=O) groups excluding carboxylic acids is 1. The highest BCUT2D eigenvalue weighted by Crippen LogP contribution is 2.30. The van der Waals surface area contributed by atoms with Crippen LogP contribution in [0.3, 0.4) is 0 Å². The van der Waals surface area contributed by atoms with E-state index in [2.05, 4.69) is 10.6 Å². The first-order chi connectivity index (χ1) is 12.4. The highest BCUT2D eigenvalue weighted by molar-refractivity contribution is 7.91. The fourth-order valence-electron chi connectivity index (χ4n) is 3.07. The van der Waals surface area contributed by atoms with Crippen molar-refractivity contribution in [2.45, 2.75) is 12.5 Å². The highest BCUT2D eigenvalue weighted by atomic mass is 32.2. The van der Waals surface area contributed by atoms with Crippen LogP contribution in [0.2, 0.25) is 0 Å². The van der Waals surface area contributed by atoms with E-state index >= 15 is 0 Å². The molecule has 6 nitrogen and oxygen atoms in total. The fourth-order valence-corrected chi connectivity index (χ4v) is 4.74. The number of anilines is 3. The van der Waals surface area contributed by atoms with E-state index < -0.39 is 9.84 Å². The van der Waals surface area contributed by atoms with Gasteiger partial charge in [-0.15, -0.1) is 0 Å². The zero-order valence-electron chi connectivity index (χ0n) is 14.7. The van der Waals surface area contributed by atoms with Crippen molar-refractivity contribution in [2.24, 2.45) is 0 Å². The summed E-state index contributed by atoms with van der Waals surface area (Å²) in [6, 6.07) is 17.4. The van der Waals surface area contributed by atoms with Crippen LogP contribution in [0.4, 0.5) is 17.1 Å². The smallest absolute Gasteiger partial charge is 0.239 e. The molecule has 0 aromatic heterocycles. The molecule has 1 atom stereocenters. The Balaban J connectivity index is 1.63. The lowest BCUT2D eigenvalue weighted by Gasteiger charge is -2.23. The molecule has 0 radical (unpaired) electrons. The Kier molecular flexibility index (Phi) is 5.46. The summed E-state index contributed by atoms with van der Waals surface area (Å²) in [7, 11) is -1.03. The molecule has 138 valence electrons. The summed E-state index contributed by atoms with van der Waals surface area (Å²) < 4.78 is 23.0. The van der Waals surface area contributed by atoms with E-state index in [9.17, 15) is 13.2 Å². The van der Waals surface area contributed by atoms with Crippen molar-refractivity contribution in [3.8, 4) is 0 Å². The number of carbonyl (C=O) groups is 1. The van der Waals surface area contributed by atoms with Crippen molar-refractivity contribution in [3.63, 3.8) is 0 Å². The molecule has 0 aliphatic carbocycles.